The fraction of sp³-hybridized carbons (Fsp3) is 0.231. The topological polar surface area (TPSA) is 61.0 Å². The second kappa shape index (κ2) is 5.80. The molecule has 5 heteroatoms. The van der Waals surface area contributed by atoms with E-state index in [-0.39, 0.29) is 0 Å². The Bertz CT molecular complexity index is 546. The zero-order chi connectivity index (χ0) is 13.0. The maximum absolute atomic E-state index is 5.97. The van der Waals surface area contributed by atoms with E-state index < -0.39 is 0 Å². The Labute approximate surface area is 111 Å². The molecule has 0 radical (unpaired) electrons. The Morgan fingerprint density at radius 1 is 1.28 bits per heavy atom. The lowest BCUT2D eigenvalue weighted by Gasteiger charge is -2.07. The Balaban J connectivity index is 2.46. The summed E-state index contributed by atoms with van der Waals surface area (Å²) in [7, 11) is 1.58. The number of hydrogen-bond donors (Lipinski definition) is 1. The van der Waals surface area contributed by atoms with Crippen LogP contribution < -0.4 is 10.5 Å². The predicted octanol–water partition coefficient (Wildman–Crippen LogP) is 2.31. The summed E-state index contributed by atoms with van der Waals surface area (Å²) >= 11 is 5.97. The molecule has 2 aromatic rings. The molecule has 2 rings (SSSR count). The maximum atomic E-state index is 5.97. The predicted molar refractivity (Wildman–Crippen MR) is 71.8 cm³/mol. The number of hydrogen-bond acceptors (Lipinski definition) is 4. The monoisotopic (exact) mass is 263 g/mol. The molecule has 18 heavy (non-hydrogen) atoms. The van der Waals surface area contributed by atoms with Gasteiger partial charge >= 0.3 is 0 Å². The third-order valence-corrected chi connectivity index (χ3v) is 2.68. The van der Waals surface area contributed by atoms with Crippen LogP contribution in [0.4, 0.5) is 0 Å². The summed E-state index contributed by atoms with van der Waals surface area (Å²) in [6.45, 7) is 0.502. The lowest BCUT2D eigenvalue weighted by Crippen LogP contribution is -2.07. The first-order valence-corrected chi connectivity index (χ1v) is 5.98. The molecule has 1 aromatic carbocycles. The molecule has 94 valence electrons. The van der Waals surface area contributed by atoms with Crippen molar-refractivity contribution in [3.8, 4) is 17.1 Å². The highest BCUT2D eigenvalue weighted by molar-refractivity contribution is 6.30. The number of benzene rings is 1. The third-order valence-electron chi connectivity index (χ3n) is 2.45. The van der Waals surface area contributed by atoms with Crippen molar-refractivity contribution in [1.82, 2.24) is 9.97 Å². The van der Waals surface area contributed by atoms with E-state index in [1.807, 2.05) is 24.3 Å². The summed E-state index contributed by atoms with van der Waals surface area (Å²) in [4.78, 5) is 8.70. The van der Waals surface area contributed by atoms with Gasteiger partial charge in [0.15, 0.2) is 0 Å². The Hall–Kier alpha value is -1.65. The molecule has 0 amide bonds. The number of nitrogens with zero attached hydrogens (tertiary/aromatic N) is 2. The van der Waals surface area contributed by atoms with Crippen molar-refractivity contribution in [2.75, 3.05) is 13.7 Å². The average Bonchev–Trinajstić information content (AvgIpc) is 2.39. The summed E-state index contributed by atoms with van der Waals surface area (Å²) in [5.74, 6) is 1.20. The van der Waals surface area contributed by atoms with Crippen molar-refractivity contribution >= 4 is 11.6 Å². The van der Waals surface area contributed by atoms with Gasteiger partial charge in [-0.1, -0.05) is 23.7 Å². The number of rotatable bonds is 4. The first-order chi connectivity index (χ1) is 8.72. The molecule has 0 unspecified atom stereocenters. The van der Waals surface area contributed by atoms with Crippen LogP contribution in [0.3, 0.4) is 0 Å². The second-order valence-electron chi connectivity index (χ2n) is 3.76. The van der Waals surface area contributed by atoms with Gasteiger partial charge in [0, 0.05) is 23.1 Å². The van der Waals surface area contributed by atoms with E-state index in [4.69, 9.17) is 22.1 Å². The molecule has 1 aromatic heterocycles. The first kappa shape index (κ1) is 12.8. The van der Waals surface area contributed by atoms with Crippen LogP contribution in [0.15, 0.2) is 30.3 Å². The van der Waals surface area contributed by atoms with Crippen LogP contribution in [-0.4, -0.2) is 23.6 Å². The van der Waals surface area contributed by atoms with Gasteiger partial charge in [-0.05, 0) is 18.7 Å². The van der Waals surface area contributed by atoms with Gasteiger partial charge < -0.3 is 10.5 Å². The molecule has 1 heterocycles. The summed E-state index contributed by atoms with van der Waals surface area (Å²) in [5, 5.41) is 0.672. The van der Waals surface area contributed by atoms with Gasteiger partial charge in [-0.3, -0.25) is 0 Å². The number of halogens is 1. The highest BCUT2D eigenvalue weighted by Gasteiger charge is 2.07. The average molecular weight is 264 g/mol. The van der Waals surface area contributed by atoms with E-state index in [0.29, 0.717) is 29.7 Å². The molecule has 0 aliphatic rings. The summed E-state index contributed by atoms with van der Waals surface area (Å²) < 4.78 is 5.17. The van der Waals surface area contributed by atoms with E-state index >= 15 is 0 Å². The van der Waals surface area contributed by atoms with E-state index in [9.17, 15) is 0 Å². The molecule has 0 spiro atoms. The smallest absolute Gasteiger partial charge is 0.216 e. The van der Waals surface area contributed by atoms with Crippen LogP contribution in [-0.2, 0) is 6.42 Å². The van der Waals surface area contributed by atoms with Crippen LogP contribution in [0, 0.1) is 0 Å². The van der Waals surface area contributed by atoms with Gasteiger partial charge in [0.25, 0.3) is 0 Å². The van der Waals surface area contributed by atoms with Crippen LogP contribution in [0.2, 0.25) is 5.02 Å². The maximum Gasteiger partial charge on any atom is 0.216 e. The number of nitrogens with two attached hydrogens (primary N) is 1. The van der Waals surface area contributed by atoms with Crippen LogP contribution in [0.5, 0.6) is 5.88 Å². The summed E-state index contributed by atoms with van der Waals surface area (Å²) in [6.07, 6.45) is 0.616. The minimum absolute atomic E-state index is 0.502. The van der Waals surface area contributed by atoms with Gasteiger partial charge in [0.2, 0.25) is 5.88 Å². The second-order valence-corrected chi connectivity index (χ2v) is 4.20. The van der Waals surface area contributed by atoms with Crippen molar-refractivity contribution in [2.45, 2.75) is 6.42 Å². The van der Waals surface area contributed by atoms with Crippen molar-refractivity contribution in [1.29, 1.82) is 0 Å². The van der Waals surface area contributed by atoms with Crippen molar-refractivity contribution in [2.24, 2.45) is 5.73 Å². The van der Waals surface area contributed by atoms with Crippen LogP contribution >= 0.6 is 11.6 Å². The molecule has 4 nitrogen and oxygen atoms in total. The SMILES string of the molecule is COc1cc(-c2cccc(Cl)c2)nc(CCN)n1. The zero-order valence-electron chi connectivity index (χ0n) is 10.1. The lowest BCUT2D eigenvalue weighted by molar-refractivity contribution is 0.395. The van der Waals surface area contributed by atoms with E-state index in [1.54, 1.807) is 13.2 Å². The van der Waals surface area contributed by atoms with Crippen molar-refractivity contribution in [3.05, 3.63) is 41.2 Å². The van der Waals surface area contributed by atoms with E-state index in [2.05, 4.69) is 9.97 Å². The molecule has 0 saturated carbocycles. The largest absolute Gasteiger partial charge is 0.481 e. The highest BCUT2D eigenvalue weighted by Crippen LogP contribution is 2.23. The molecular formula is C13H14ClN3O. The van der Waals surface area contributed by atoms with Gasteiger partial charge in [-0.15, -0.1) is 0 Å². The molecule has 0 saturated heterocycles. The van der Waals surface area contributed by atoms with E-state index in [1.165, 1.54) is 0 Å². The number of methoxy groups -OCH3 is 1. The minimum Gasteiger partial charge on any atom is -0.481 e. The molecular weight excluding hydrogens is 250 g/mol. The van der Waals surface area contributed by atoms with Crippen LogP contribution in [0.25, 0.3) is 11.3 Å². The summed E-state index contributed by atoms with van der Waals surface area (Å²) in [5.41, 5.74) is 7.24. The molecule has 2 N–H and O–H groups in total. The molecule has 0 aliphatic carbocycles. The van der Waals surface area contributed by atoms with Gasteiger partial charge in [-0.2, -0.15) is 4.98 Å². The van der Waals surface area contributed by atoms with Crippen molar-refractivity contribution in [3.63, 3.8) is 0 Å². The zero-order valence-corrected chi connectivity index (χ0v) is 10.8. The first-order valence-electron chi connectivity index (χ1n) is 5.61. The fourth-order valence-corrected chi connectivity index (χ4v) is 1.80. The van der Waals surface area contributed by atoms with E-state index in [0.717, 1.165) is 11.3 Å². The Kier molecular flexibility index (Phi) is 4.12. The van der Waals surface area contributed by atoms with Gasteiger partial charge in [0.05, 0.1) is 12.8 Å². The lowest BCUT2D eigenvalue weighted by atomic mass is 10.1. The Morgan fingerprint density at radius 3 is 2.78 bits per heavy atom. The summed E-state index contributed by atoms with van der Waals surface area (Å²) in [6, 6.07) is 9.29. The molecule has 0 aliphatic heterocycles. The quantitative estimate of drug-likeness (QED) is 0.920. The molecule has 0 fully saturated rings. The standard InChI is InChI=1S/C13H14ClN3O/c1-18-13-8-11(16-12(17-13)5-6-15)9-3-2-4-10(14)7-9/h2-4,7-8H,5-6,15H2,1H3. The van der Waals surface area contributed by atoms with Crippen molar-refractivity contribution < 1.29 is 4.74 Å². The Morgan fingerprint density at radius 2 is 2.11 bits per heavy atom. The van der Waals surface area contributed by atoms with Crippen LogP contribution in [0.1, 0.15) is 5.82 Å². The number of ether oxygens (including phenoxy) is 1. The normalized spacial score (nSPS) is 10.4. The third kappa shape index (κ3) is 2.97. The number of aromatic nitrogens is 2. The van der Waals surface area contributed by atoms with Gasteiger partial charge in [0.1, 0.15) is 5.82 Å². The highest BCUT2D eigenvalue weighted by atomic mass is 35.5. The minimum atomic E-state index is 0.502. The fourth-order valence-electron chi connectivity index (χ4n) is 1.61. The van der Waals surface area contributed by atoms with Gasteiger partial charge in [-0.25, -0.2) is 4.98 Å². The molecule has 0 atom stereocenters. The molecule has 0 bridgehead atoms.